The molecule has 0 aromatic carbocycles. The summed E-state index contributed by atoms with van der Waals surface area (Å²) in [6, 6.07) is 0. The number of hydrogen-bond acceptors (Lipinski definition) is 7. The average molecular weight is 492 g/mol. The molecule has 126 valence electrons. The summed E-state index contributed by atoms with van der Waals surface area (Å²) < 4.78 is 7.32. The van der Waals surface area contributed by atoms with Crippen molar-refractivity contribution in [3.63, 3.8) is 0 Å². The molecule has 0 amide bonds. The number of anilines is 1. The van der Waals surface area contributed by atoms with Gasteiger partial charge in [0, 0.05) is 34.3 Å². The number of aromatic nitrogens is 3. The van der Waals surface area contributed by atoms with E-state index in [0.717, 1.165) is 10.9 Å². The van der Waals surface area contributed by atoms with Crippen molar-refractivity contribution in [2.75, 3.05) is 19.0 Å². The number of ether oxygens (including phenoxy) is 1. The number of fused-ring (bicyclic) bond motifs is 1. The van der Waals surface area contributed by atoms with Crippen molar-refractivity contribution in [3.8, 4) is 0 Å². The first kappa shape index (κ1) is 18.3. The van der Waals surface area contributed by atoms with Crippen LogP contribution in [0.25, 0.3) is 11.0 Å². The van der Waals surface area contributed by atoms with Gasteiger partial charge < -0.3 is 29.9 Å². The largest absolute Gasteiger partial charge is 0.394 e. The second-order valence-electron chi connectivity index (χ2n) is 5.77. The molecule has 0 bridgehead atoms. The van der Waals surface area contributed by atoms with E-state index in [-0.39, 0.29) is 27.7 Å². The zero-order valence-corrected chi connectivity index (χ0v) is 16.0. The zero-order chi connectivity index (χ0) is 16.1. The summed E-state index contributed by atoms with van der Waals surface area (Å²) in [5.74, 6) is 0.679. The third-order valence-electron chi connectivity index (χ3n) is 4.22. The van der Waals surface area contributed by atoms with Crippen LogP contribution in [-0.4, -0.2) is 61.3 Å². The number of aliphatic hydroxyl groups excluding tert-OH is 2. The SMILES string of the molecule is CNc1ncnc2c1c(C)cn2C1OC(CO)C(O)C1(C)O.[W]. The maximum atomic E-state index is 10.6. The Morgan fingerprint density at radius 2 is 2.13 bits per heavy atom. The Bertz CT molecular complexity index is 705. The molecule has 2 aromatic heterocycles. The molecule has 0 spiro atoms. The molecule has 1 saturated heterocycles. The van der Waals surface area contributed by atoms with Crippen molar-refractivity contribution in [3.05, 3.63) is 18.1 Å². The predicted octanol–water partition coefficient (Wildman–Crippen LogP) is -0.219. The van der Waals surface area contributed by atoms with Gasteiger partial charge in [-0.1, -0.05) is 0 Å². The van der Waals surface area contributed by atoms with Crippen molar-refractivity contribution in [2.24, 2.45) is 0 Å². The minimum absolute atomic E-state index is 0. The van der Waals surface area contributed by atoms with Crippen molar-refractivity contribution >= 4 is 16.9 Å². The van der Waals surface area contributed by atoms with Gasteiger partial charge in [0.05, 0.1) is 12.0 Å². The van der Waals surface area contributed by atoms with Crippen molar-refractivity contribution in [2.45, 2.75) is 37.9 Å². The minimum atomic E-state index is -1.55. The molecule has 3 rings (SSSR count). The standard InChI is InChI=1S/C14H20N4O4.W/c1-7-4-18(12-9(7)11(15-3)16-6-17-12)13-14(2,21)10(20)8(5-19)22-13;/h4,6,8,10,13,19-21H,5H2,1-3H3,(H,15,16,17);. The molecule has 1 aliphatic rings. The fraction of sp³-hybridized carbons (Fsp3) is 0.571. The Morgan fingerprint density at radius 3 is 2.70 bits per heavy atom. The van der Waals surface area contributed by atoms with Gasteiger partial charge in [-0.15, -0.1) is 0 Å². The number of aryl methyl sites for hydroxylation is 1. The van der Waals surface area contributed by atoms with E-state index in [0.29, 0.717) is 11.5 Å². The van der Waals surface area contributed by atoms with Crippen LogP contribution in [0.2, 0.25) is 0 Å². The minimum Gasteiger partial charge on any atom is -0.394 e. The molecule has 23 heavy (non-hydrogen) atoms. The van der Waals surface area contributed by atoms with Crippen LogP contribution in [0.5, 0.6) is 0 Å². The molecular weight excluding hydrogens is 472 g/mol. The number of nitrogens with zero attached hydrogens (tertiary/aromatic N) is 3. The van der Waals surface area contributed by atoms with Crippen molar-refractivity contribution in [1.82, 2.24) is 14.5 Å². The van der Waals surface area contributed by atoms with Gasteiger partial charge in [-0.05, 0) is 19.4 Å². The van der Waals surface area contributed by atoms with E-state index in [1.807, 2.05) is 6.92 Å². The molecule has 9 heteroatoms. The summed E-state index contributed by atoms with van der Waals surface area (Å²) in [4.78, 5) is 8.45. The quantitative estimate of drug-likeness (QED) is 0.469. The Hall–Kier alpha value is -1.05. The second kappa shape index (κ2) is 6.45. The van der Waals surface area contributed by atoms with Crippen LogP contribution in [0.4, 0.5) is 5.82 Å². The first-order valence-corrected chi connectivity index (χ1v) is 7.08. The Morgan fingerprint density at radius 1 is 1.43 bits per heavy atom. The van der Waals surface area contributed by atoms with Crippen molar-refractivity contribution < 1.29 is 41.1 Å². The Kier molecular flexibility index (Phi) is 5.13. The van der Waals surface area contributed by atoms with Gasteiger partial charge in [0.15, 0.2) is 6.23 Å². The molecule has 8 nitrogen and oxygen atoms in total. The van der Waals surface area contributed by atoms with Crippen LogP contribution in [-0.2, 0) is 25.8 Å². The van der Waals surface area contributed by atoms with Gasteiger partial charge in [-0.25, -0.2) is 9.97 Å². The van der Waals surface area contributed by atoms with Crippen LogP contribution in [0.15, 0.2) is 12.5 Å². The fourth-order valence-electron chi connectivity index (χ4n) is 3.03. The number of aliphatic hydroxyl groups is 3. The third kappa shape index (κ3) is 2.68. The molecule has 3 heterocycles. The molecular formula is C14H20N4O4W. The van der Waals surface area contributed by atoms with E-state index in [1.54, 1.807) is 17.8 Å². The van der Waals surface area contributed by atoms with E-state index >= 15 is 0 Å². The van der Waals surface area contributed by atoms with E-state index < -0.39 is 24.0 Å². The molecule has 2 aromatic rings. The van der Waals surface area contributed by atoms with Gasteiger partial charge in [0.1, 0.15) is 35.6 Å². The average Bonchev–Trinajstić information content (AvgIpc) is 2.95. The molecule has 0 radical (unpaired) electrons. The van der Waals surface area contributed by atoms with Crippen molar-refractivity contribution in [1.29, 1.82) is 0 Å². The summed E-state index contributed by atoms with van der Waals surface area (Å²) >= 11 is 0. The number of rotatable bonds is 3. The molecule has 0 aliphatic carbocycles. The zero-order valence-electron chi connectivity index (χ0n) is 13.1. The first-order chi connectivity index (χ1) is 10.4. The van der Waals surface area contributed by atoms with Gasteiger partial charge in [-0.2, -0.15) is 0 Å². The maximum Gasteiger partial charge on any atom is 0.167 e. The van der Waals surface area contributed by atoms with E-state index in [9.17, 15) is 15.3 Å². The van der Waals surface area contributed by atoms with E-state index in [1.165, 1.54) is 13.3 Å². The summed E-state index contributed by atoms with van der Waals surface area (Å²) in [5.41, 5.74) is -0.0366. The molecule has 4 N–H and O–H groups in total. The maximum absolute atomic E-state index is 10.6. The summed E-state index contributed by atoms with van der Waals surface area (Å²) in [6.07, 6.45) is 0.337. The van der Waals surface area contributed by atoms with Gasteiger partial charge in [0.2, 0.25) is 0 Å². The van der Waals surface area contributed by atoms with Crippen LogP contribution >= 0.6 is 0 Å². The van der Waals surface area contributed by atoms with E-state index in [2.05, 4.69) is 15.3 Å². The van der Waals surface area contributed by atoms with E-state index in [4.69, 9.17) is 4.74 Å². The molecule has 1 aliphatic heterocycles. The molecule has 1 fully saturated rings. The summed E-state index contributed by atoms with van der Waals surface area (Å²) in [5, 5.41) is 33.9. The monoisotopic (exact) mass is 492 g/mol. The summed E-state index contributed by atoms with van der Waals surface area (Å²) in [7, 11) is 1.77. The fourth-order valence-corrected chi connectivity index (χ4v) is 3.03. The predicted molar refractivity (Wildman–Crippen MR) is 79.4 cm³/mol. The normalized spacial score (nSPS) is 30.4. The van der Waals surface area contributed by atoms with Gasteiger partial charge >= 0.3 is 0 Å². The van der Waals surface area contributed by atoms with Crippen LogP contribution in [0, 0.1) is 6.92 Å². The van der Waals surface area contributed by atoms with Crippen LogP contribution < -0.4 is 5.32 Å². The molecule has 4 unspecified atom stereocenters. The Labute approximate surface area is 147 Å². The molecule has 4 atom stereocenters. The third-order valence-corrected chi connectivity index (χ3v) is 4.22. The smallest absolute Gasteiger partial charge is 0.167 e. The number of hydrogen-bond donors (Lipinski definition) is 4. The summed E-state index contributed by atoms with van der Waals surface area (Å²) in [6.45, 7) is 3.02. The molecule has 0 saturated carbocycles. The van der Waals surface area contributed by atoms with Gasteiger partial charge in [-0.3, -0.25) is 0 Å². The van der Waals surface area contributed by atoms with Crippen LogP contribution in [0.1, 0.15) is 18.7 Å². The van der Waals surface area contributed by atoms with Gasteiger partial charge in [0.25, 0.3) is 0 Å². The second-order valence-corrected chi connectivity index (χ2v) is 5.77. The topological polar surface area (TPSA) is 113 Å². The Balaban J connectivity index is 0.00000192. The number of nitrogens with one attached hydrogen (secondary N) is 1. The van der Waals surface area contributed by atoms with Crippen LogP contribution in [0.3, 0.4) is 0 Å². The first-order valence-electron chi connectivity index (χ1n) is 7.08.